The summed E-state index contributed by atoms with van der Waals surface area (Å²) in [5.41, 5.74) is 2.31. The largest absolute Gasteiger partial charge is 0.462 e. The summed E-state index contributed by atoms with van der Waals surface area (Å²) >= 11 is 2.50. The summed E-state index contributed by atoms with van der Waals surface area (Å²) in [5.74, 6) is 0.402. The van der Waals surface area contributed by atoms with Crippen molar-refractivity contribution in [1.29, 1.82) is 0 Å². The van der Waals surface area contributed by atoms with Crippen LogP contribution in [-0.2, 0) is 10.5 Å². The van der Waals surface area contributed by atoms with E-state index >= 15 is 0 Å². The molecule has 0 atom stereocenters. The van der Waals surface area contributed by atoms with Crippen LogP contribution in [-0.4, -0.2) is 33.4 Å². The maximum Gasteiger partial charge on any atom is 0.350 e. The maximum atomic E-state index is 12.4. The van der Waals surface area contributed by atoms with Crippen molar-refractivity contribution in [1.82, 2.24) is 15.0 Å². The number of anilines is 1. The van der Waals surface area contributed by atoms with Gasteiger partial charge in [0.05, 0.1) is 18.1 Å². The summed E-state index contributed by atoms with van der Waals surface area (Å²) in [6, 6.07) is 5.25. The first-order valence-corrected chi connectivity index (χ1v) is 10.7. The molecule has 0 bridgehead atoms. The van der Waals surface area contributed by atoms with Crippen LogP contribution in [0.4, 0.5) is 5.13 Å². The third kappa shape index (κ3) is 5.42. The Morgan fingerprint density at radius 1 is 1.17 bits per heavy atom. The van der Waals surface area contributed by atoms with Gasteiger partial charge in [0.25, 0.3) is 5.91 Å². The van der Waals surface area contributed by atoms with Crippen molar-refractivity contribution in [2.45, 2.75) is 38.6 Å². The molecule has 1 N–H and O–H groups in total. The molecule has 0 aliphatic rings. The molecule has 8 nitrogen and oxygen atoms in total. The number of esters is 1. The zero-order valence-electron chi connectivity index (χ0n) is 16.4. The normalized spacial score (nSPS) is 10.8. The van der Waals surface area contributed by atoms with Gasteiger partial charge in [0.15, 0.2) is 16.0 Å². The third-order valence-electron chi connectivity index (χ3n) is 3.67. The van der Waals surface area contributed by atoms with E-state index in [-0.39, 0.29) is 12.4 Å². The number of hydrogen-bond acceptors (Lipinski definition) is 9. The van der Waals surface area contributed by atoms with Crippen molar-refractivity contribution in [2.75, 3.05) is 11.9 Å². The van der Waals surface area contributed by atoms with Crippen LogP contribution >= 0.6 is 23.1 Å². The van der Waals surface area contributed by atoms with Crippen LogP contribution in [0.15, 0.2) is 27.8 Å². The summed E-state index contributed by atoms with van der Waals surface area (Å²) in [6.07, 6.45) is 0. The molecule has 3 aromatic heterocycles. The zero-order valence-corrected chi connectivity index (χ0v) is 18.1. The summed E-state index contributed by atoms with van der Waals surface area (Å²) < 4.78 is 10.6. The highest BCUT2D eigenvalue weighted by atomic mass is 32.2. The lowest BCUT2D eigenvalue weighted by molar-refractivity contribution is 0.0531. The average Bonchev–Trinajstić information content (AvgIpc) is 3.26. The van der Waals surface area contributed by atoms with Gasteiger partial charge in [-0.25, -0.2) is 19.7 Å². The van der Waals surface area contributed by atoms with E-state index in [0.717, 1.165) is 22.7 Å². The number of aryl methyl sites for hydroxylation is 3. The lowest BCUT2D eigenvalue weighted by Gasteiger charge is -2.01. The van der Waals surface area contributed by atoms with Gasteiger partial charge in [0.1, 0.15) is 10.6 Å². The van der Waals surface area contributed by atoms with E-state index in [1.807, 2.05) is 19.9 Å². The number of amides is 1. The van der Waals surface area contributed by atoms with Crippen LogP contribution in [0.2, 0.25) is 0 Å². The van der Waals surface area contributed by atoms with Crippen molar-refractivity contribution in [3.8, 4) is 0 Å². The predicted molar refractivity (Wildman–Crippen MR) is 111 cm³/mol. The van der Waals surface area contributed by atoms with Crippen molar-refractivity contribution in [3.05, 3.63) is 51.7 Å². The Morgan fingerprint density at radius 3 is 2.59 bits per heavy atom. The fourth-order valence-electron chi connectivity index (χ4n) is 2.47. The van der Waals surface area contributed by atoms with Crippen molar-refractivity contribution in [2.24, 2.45) is 0 Å². The Morgan fingerprint density at radius 2 is 1.90 bits per heavy atom. The Balaban J connectivity index is 1.62. The third-order valence-corrected chi connectivity index (χ3v) is 5.59. The molecule has 0 aliphatic carbocycles. The molecule has 0 saturated carbocycles. The molecular weight excluding hydrogens is 412 g/mol. The Kier molecular flexibility index (Phi) is 6.65. The smallest absolute Gasteiger partial charge is 0.350 e. The molecule has 0 spiro atoms. The van der Waals surface area contributed by atoms with Gasteiger partial charge in [-0.05, 0) is 45.9 Å². The summed E-state index contributed by atoms with van der Waals surface area (Å²) in [6.45, 7) is 7.54. The number of thioether (sulfide) groups is 1. The first-order valence-electron chi connectivity index (χ1n) is 8.85. The van der Waals surface area contributed by atoms with Crippen LogP contribution < -0.4 is 5.32 Å². The molecule has 0 saturated heterocycles. The van der Waals surface area contributed by atoms with E-state index in [2.05, 4.69) is 20.3 Å². The van der Waals surface area contributed by atoms with E-state index in [1.54, 1.807) is 26.0 Å². The molecular formula is C19H20N4O4S2. The van der Waals surface area contributed by atoms with Crippen LogP contribution in [0.5, 0.6) is 0 Å². The molecule has 3 heterocycles. The molecule has 0 aliphatic heterocycles. The predicted octanol–water partition coefficient (Wildman–Crippen LogP) is 4.17. The highest BCUT2D eigenvalue weighted by Gasteiger charge is 2.19. The van der Waals surface area contributed by atoms with Crippen molar-refractivity contribution < 1.29 is 18.7 Å². The average molecular weight is 433 g/mol. The number of hydrogen-bond donors (Lipinski definition) is 1. The van der Waals surface area contributed by atoms with E-state index in [1.165, 1.54) is 11.8 Å². The fourth-order valence-corrected chi connectivity index (χ4v) is 4.16. The standard InChI is InChI=1S/C19H20N4O4S2/c1-5-26-17(25)15-12(4)22-19(29-15)23-16(24)14-7-6-13(27-14)9-28-18-20-10(2)8-11(3)21-18/h6-8H,5,9H2,1-4H3,(H,22,23,24). The van der Waals surface area contributed by atoms with Crippen LogP contribution in [0.25, 0.3) is 0 Å². The Hall–Kier alpha value is -2.72. The first kappa shape index (κ1) is 21.0. The van der Waals surface area contributed by atoms with Crippen molar-refractivity contribution in [3.63, 3.8) is 0 Å². The number of thiazole rings is 1. The molecule has 10 heteroatoms. The summed E-state index contributed by atoms with van der Waals surface area (Å²) in [5, 5.41) is 3.63. The Bertz CT molecular complexity index is 1020. The van der Waals surface area contributed by atoms with Gasteiger partial charge in [0.2, 0.25) is 0 Å². The van der Waals surface area contributed by atoms with Gasteiger partial charge in [-0.15, -0.1) is 0 Å². The monoisotopic (exact) mass is 432 g/mol. The number of furan rings is 1. The quantitative estimate of drug-likeness (QED) is 0.337. The number of carbonyl (C=O) groups is 2. The minimum atomic E-state index is -0.450. The summed E-state index contributed by atoms with van der Waals surface area (Å²) in [4.78, 5) is 37.6. The number of ether oxygens (including phenoxy) is 1. The van der Waals surface area contributed by atoms with Crippen LogP contribution in [0.3, 0.4) is 0 Å². The number of carbonyl (C=O) groups excluding carboxylic acids is 2. The molecule has 3 rings (SSSR count). The minimum Gasteiger partial charge on any atom is -0.462 e. The van der Waals surface area contributed by atoms with E-state index in [9.17, 15) is 9.59 Å². The van der Waals surface area contributed by atoms with Gasteiger partial charge >= 0.3 is 5.97 Å². The van der Waals surface area contributed by atoms with E-state index in [4.69, 9.17) is 9.15 Å². The molecule has 1 amide bonds. The SMILES string of the molecule is CCOC(=O)c1sc(NC(=O)c2ccc(CSc3nc(C)cc(C)n3)o2)nc1C. The minimum absolute atomic E-state index is 0.160. The molecule has 0 radical (unpaired) electrons. The van der Waals surface area contributed by atoms with Crippen molar-refractivity contribution >= 4 is 40.1 Å². The highest BCUT2D eigenvalue weighted by molar-refractivity contribution is 7.98. The van der Waals surface area contributed by atoms with E-state index < -0.39 is 11.9 Å². The van der Waals surface area contributed by atoms with Gasteiger partial charge in [-0.1, -0.05) is 23.1 Å². The lowest BCUT2D eigenvalue weighted by Crippen LogP contribution is -2.10. The first-order chi connectivity index (χ1) is 13.9. The van der Waals surface area contributed by atoms with Gasteiger partial charge in [-0.3, -0.25) is 10.1 Å². The zero-order chi connectivity index (χ0) is 21.0. The summed E-state index contributed by atoms with van der Waals surface area (Å²) in [7, 11) is 0. The van der Waals surface area contributed by atoms with Gasteiger partial charge in [-0.2, -0.15) is 0 Å². The highest BCUT2D eigenvalue weighted by Crippen LogP contribution is 2.25. The molecule has 29 heavy (non-hydrogen) atoms. The second-order valence-corrected chi connectivity index (χ2v) is 8.04. The molecule has 0 unspecified atom stereocenters. The number of rotatable bonds is 7. The van der Waals surface area contributed by atoms with Crippen LogP contribution in [0, 0.1) is 20.8 Å². The van der Waals surface area contributed by atoms with Gasteiger partial charge in [0, 0.05) is 11.4 Å². The second-order valence-electron chi connectivity index (χ2n) is 6.10. The molecule has 152 valence electrons. The maximum absolute atomic E-state index is 12.4. The lowest BCUT2D eigenvalue weighted by atomic mass is 10.4. The fraction of sp³-hybridized carbons (Fsp3) is 0.316. The molecule has 0 fully saturated rings. The molecule has 3 aromatic rings. The van der Waals surface area contributed by atoms with Gasteiger partial charge < -0.3 is 9.15 Å². The number of aromatic nitrogens is 3. The molecule has 0 aromatic carbocycles. The topological polar surface area (TPSA) is 107 Å². The number of nitrogens with one attached hydrogen (secondary N) is 1. The number of nitrogens with zero attached hydrogens (tertiary/aromatic N) is 3. The second kappa shape index (κ2) is 9.19. The van der Waals surface area contributed by atoms with E-state index in [0.29, 0.717) is 32.4 Å². The Labute approximate surface area is 176 Å². The van der Waals surface area contributed by atoms with Crippen LogP contribution in [0.1, 0.15) is 50.0 Å².